The zero-order chi connectivity index (χ0) is 14.6. The number of aliphatic hydroxyl groups excluding tert-OH is 1. The van der Waals surface area contributed by atoms with E-state index >= 15 is 0 Å². The van der Waals surface area contributed by atoms with Crippen molar-refractivity contribution in [2.24, 2.45) is 5.92 Å². The van der Waals surface area contributed by atoms with Crippen LogP contribution in [0.2, 0.25) is 0 Å². The van der Waals surface area contributed by atoms with Crippen molar-refractivity contribution in [3.05, 3.63) is 33.9 Å². The summed E-state index contributed by atoms with van der Waals surface area (Å²) in [5.74, 6) is -1.99. The average Bonchev–Trinajstić information content (AvgIpc) is 2.31. The van der Waals surface area contributed by atoms with Gasteiger partial charge in [-0.3, -0.25) is 10.1 Å². The highest BCUT2D eigenvalue weighted by Gasteiger charge is 2.21. The van der Waals surface area contributed by atoms with E-state index in [4.69, 9.17) is 5.11 Å². The van der Waals surface area contributed by atoms with Gasteiger partial charge in [-0.2, -0.15) is 0 Å². The van der Waals surface area contributed by atoms with Gasteiger partial charge in [0, 0.05) is 12.6 Å². The van der Waals surface area contributed by atoms with E-state index in [-0.39, 0.29) is 18.6 Å². The Balaban J connectivity index is 3.04. The minimum atomic E-state index is -1.02. The van der Waals surface area contributed by atoms with Crippen molar-refractivity contribution < 1.29 is 18.8 Å². The van der Waals surface area contributed by atoms with Gasteiger partial charge in [0.05, 0.1) is 17.1 Å². The predicted molar refractivity (Wildman–Crippen MR) is 67.0 cm³/mol. The molecule has 5 nitrogen and oxygen atoms in total. The van der Waals surface area contributed by atoms with Gasteiger partial charge in [0.25, 0.3) is 5.69 Å². The Morgan fingerprint density at radius 2 is 1.89 bits per heavy atom. The molecule has 7 heteroatoms. The molecule has 106 valence electrons. The highest BCUT2D eigenvalue weighted by molar-refractivity contribution is 5.52. The van der Waals surface area contributed by atoms with Gasteiger partial charge in [-0.25, -0.2) is 8.78 Å². The standard InChI is InChI=1S/C12H16F2N2O3/c1-7(2)11(3-4-17)15-12-9(13)5-8(16(18)19)6-10(12)14/h5-7,11,15,17H,3-4H2,1-2H3. The third-order valence-corrected chi connectivity index (χ3v) is 2.81. The fraction of sp³-hybridized carbons (Fsp3) is 0.500. The Hall–Kier alpha value is -1.76. The number of anilines is 1. The minimum absolute atomic E-state index is 0.0427. The number of nitrogens with zero attached hydrogens (tertiary/aromatic N) is 1. The second kappa shape index (κ2) is 6.42. The number of aliphatic hydroxyl groups is 1. The van der Waals surface area contributed by atoms with Gasteiger partial charge < -0.3 is 10.4 Å². The SMILES string of the molecule is CC(C)C(CCO)Nc1c(F)cc([N+](=O)[O-])cc1F. The summed E-state index contributed by atoms with van der Waals surface area (Å²) in [6.45, 7) is 3.56. The third kappa shape index (κ3) is 3.85. The lowest BCUT2D eigenvalue weighted by Crippen LogP contribution is -2.27. The molecule has 0 amide bonds. The molecular formula is C12H16F2N2O3. The third-order valence-electron chi connectivity index (χ3n) is 2.81. The maximum absolute atomic E-state index is 13.7. The largest absolute Gasteiger partial charge is 0.396 e. The molecule has 0 bridgehead atoms. The van der Waals surface area contributed by atoms with Gasteiger partial charge >= 0.3 is 0 Å². The topological polar surface area (TPSA) is 75.4 Å². The summed E-state index contributed by atoms with van der Waals surface area (Å²) in [7, 11) is 0. The molecule has 0 saturated carbocycles. The second-order valence-corrected chi connectivity index (χ2v) is 4.55. The average molecular weight is 274 g/mol. The quantitative estimate of drug-likeness (QED) is 0.617. The van der Waals surface area contributed by atoms with Crippen molar-refractivity contribution in [3.8, 4) is 0 Å². The molecule has 1 unspecified atom stereocenters. The number of hydrogen-bond donors (Lipinski definition) is 2. The summed E-state index contributed by atoms with van der Waals surface area (Å²) >= 11 is 0. The van der Waals surface area contributed by atoms with Gasteiger partial charge in [-0.1, -0.05) is 13.8 Å². The number of nitro groups is 1. The summed E-state index contributed by atoms with van der Waals surface area (Å²) in [6.07, 6.45) is 0.327. The van der Waals surface area contributed by atoms with E-state index in [9.17, 15) is 18.9 Å². The molecule has 0 heterocycles. The molecule has 0 aromatic heterocycles. The van der Waals surface area contributed by atoms with Crippen LogP contribution >= 0.6 is 0 Å². The van der Waals surface area contributed by atoms with Crippen molar-refractivity contribution in [1.82, 2.24) is 0 Å². The number of nitro benzene ring substituents is 1. The van der Waals surface area contributed by atoms with Gasteiger partial charge in [0.15, 0.2) is 11.6 Å². The Morgan fingerprint density at radius 1 is 1.37 bits per heavy atom. The first-order valence-corrected chi connectivity index (χ1v) is 5.87. The first kappa shape index (κ1) is 15.3. The number of halogens is 2. The van der Waals surface area contributed by atoms with E-state index in [0.717, 1.165) is 0 Å². The Kier molecular flexibility index (Phi) is 5.17. The van der Waals surface area contributed by atoms with Crippen LogP contribution in [-0.4, -0.2) is 22.7 Å². The van der Waals surface area contributed by atoms with Gasteiger partial charge in [-0.05, 0) is 12.3 Å². The van der Waals surface area contributed by atoms with Crippen LogP contribution in [-0.2, 0) is 0 Å². The number of rotatable bonds is 6. The van der Waals surface area contributed by atoms with Crippen molar-refractivity contribution in [1.29, 1.82) is 0 Å². The van der Waals surface area contributed by atoms with E-state index in [0.29, 0.717) is 18.6 Å². The molecule has 0 spiro atoms. The maximum Gasteiger partial charge on any atom is 0.275 e. The van der Waals surface area contributed by atoms with E-state index < -0.39 is 27.9 Å². The van der Waals surface area contributed by atoms with Crippen molar-refractivity contribution in [2.75, 3.05) is 11.9 Å². The Bertz CT molecular complexity index is 443. The maximum atomic E-state index is 13.7. The van der Waals surface area contributed by atoms with Crippen LogP contribution in [0.5, 0.6) is 0 Å². The van der Waals surface area contributed by atoms with Crippen molar-refractivity contribution >= 4 is 11.4 Å². The molecule has 2 N–H and O–H groups in total. The summed E-state index contributed by atoms with van der Waals surface area (Å²) in [5.41, 5.74) is -1.04. The first-order valence-electron chi connectivity index (χ1n) is 5.87. The molecule has 0 fully saturated rings. The van der Waals surface area contributed by atoms with Crippen LogP contribution in [0.1, 0.15) is 20.3 Å². The number of non-ortho nitro benzene ring substituents is 1. The molecule has 19 heavy (non-hydrogen) atoms. The molecule has 1 rings (SSSR count). The highest BCUT2D eigenvalue weighted by Crippen LogP contribution is 2.26. The molecule has 0 aliphatic heterocycles. The summed E-state index contributed by atoms with van der Waals surface area (Å²) in [4.78, 5) is 9.61. The van der Waals surface area contributed by atoms with E-state index in [1.54, 1.807) is 0 Å². The fourth-order valence-electron chi connectivity index (χ4n) is 1.70. The van der Waals surface area contributed by atoms with E-state index in [1.807, 2.05) is 13.8 Å². The molecular weight excluding hydrogens is 258 g/mol. The monoisotopic (exact) mass is 274 g/mol. The minimum Gasteiger partial charge on any atom is -0.396 e. The number of nitrogens with one attached hydrogen (secondary N) is 1. The molecule has 0 aliphatic rings. The smallest absolute Gasteiger partial charge is 0.275 e. The molecule has 0 saturated heterocycles. The second-order valence-electron chi connectivity index (χ2n) is 4.55. The molecule has 1 atom stereocenters. The lowest BCUT2D eigenvalue weighted by Gasteiger charge is -2.23. The van der Waals surface area contributed by atoms with Gasteiger partial charge in [0.1, 0.15) is 5.69 Å². The predicted octanol–water partition coefficient (Wildman–Crippen LogP) is 2.69. The van der Waals surface area contributed by atoms with Gasteiger partial charge in [0.2, 0.25) is 0 Å². The van der Waals surface area contributed by atoms with E-state index in [1.165, 1.54) is 0 Å². The lowest BCUT2D eigenvalue weighted by atomic mass is 10.0. The summed E-state index contributed by atoms with van der Waals surface area (Å²) in [5, 5.41) is 22.0. The van der Waals surface area contributed by atoms with E-state index in [2.05, 4.69) is 5.32 Å². The van der Waals surface area contributed by atoms with Gasteiger partial charge in [-0.15, -0.1) is 0 Å². The zero-order valence-corrected chi connectivity index (χ0v) is 10.7. The van der Waals surface area contributed by atoms with Crippen LogP contribution < -0.4 is 5.32 Å². The summed E-state index contributed by atoms with van der Waals surface area (Å²) in [6, 6.07) is 1.01. The zero-order valence-electron chi connectivity index (χ0n) is 10.7. The molecule has 1 aromatic carbocycles. The Labute approximate surface area is 109 Å². The van der Waals surface area contributed by atoms with Crippen LogP contribution in [0, 0.1) is 27.7 Å². The molecule has 0 aliphatic carbocycles. The van der Waals surface area contributed by atoms with Crippen molar-refractivity contribution in [3.63, 3.8) is 0 Å². The number of hydrogen-bond acceptors (Lipinski definition) is 4. The summed E-state index contributed by atoms with van der Waals surface area (Å²) < 4.78 is 27.3. The van der Waals surface area contributed by atoms with Crippen LogP contribution in [0.4, 0.5) is 20.2 Å². The fourth-order valence-corrected chi connectivity index (χ4v) is 1.70. The van der Waals surface area contributed by atoms with Crippen molar-refractivity contribution in [2.45, 2.75) is 26.3 Å². The molecule has 0 radical (unpaired) electrons. The first-order chi connectivity index (χ1) is 8.86. The normalized spacial score (nSPS) is 12.5. The lowest BCUT2D eigenvalue weighted by molar-refractivity contribution is -0.385. The van der Waals surface area contributed by atoms with Crippen LogP contribution in [0.3, 0.4) is 0 Å². The Morgan fingerprint density at radius 3 is 2.26 bits per heavy atom. The number of benzene rings is 1. The highest BCUT2D eigenvalue weighted by atomic mass is 19.1. The van der Waals surface area contributed by atoms with Crippen LogP contribution in [0.15, 0.2) is 12.1 Å². The van der Waals surface area contributed by atoms with Crippen LogP contribution in [0.25, 0.3) is 0 Å². The molecule has 1 aromatic rings.